The van der Waals surface area contributed by atoms with Crippen molar-refractivity contribution in [1.82, 2.24) is 4.98 Å². The van der Waals surface area contributed by atoms with Gasteiger partial charge in [-0.3, -0.25) is 14.5 Å². The van der Waals surface area contributed by atoms with Crippen molar-refractivity contribution in [2.75, 3.05) is 23.4 Å². The first-order valence-corrected chi connectivity index (χ1v) is 11.7. The largest absolute Gasteiger partial charge is 0.312 e. The molecule has 1 aromatic carbocycles. The first-order chi connectivity index (χ1) is 14.1. The van der Waals surface area contributed by atoms with Gasteiger partial charge in [0.25, 0.3) is 0 Å². The zero-order valence-electron chi connectivity index (χ0n) is 16.9. The highest BCUT2D eigenvalue weighted by atomic mass is 32.1. The molecule has 0 N–H and O–H groups in total. The average molecular weight is 410 g/mol. The summed E-state index contributed by atoms with van der Waals surface area (Å²) in [6, 6.07) is 6.35. The van der Waals surface area contributed by atoms with Crippen LogP contribution in [0.15, 0.2) is 23.6 Å². The highest BCUT2D eigenvalue weighted by Gasteiger charge is 2.34. The van der Waals surface area contributed by atoms with Crippen molar-refractivity contribution in [2.45, 2.75) is 51.4 Å². The van der Waals surface area contributed by atoms with E-state index in [0.29, 0.717) is 5.91 Å². The number of carbonyl (C=O) groups is 2. The fraction of sp³-hybridized carbons (Fsp3) is 0.522. The van der Waals surface area contributed by atoms with Crippen LogP contribution in [0.25, 0.3) is 11.3 Å². The van der Waals surface area contributed by atoms with Crippen LogP contribution in [-0.2, 0) is 16.0 Å². The maximum absolute atomic E-state index is 13.0. The molecule has 6 heteroatoms. The van der Waals surface area contributed by atoms with Gasteiger partial charge in [-0.2, -0.15) is 0 Å². The highest BCUT2D eigenvalue weighted by Crippen LogP contribution is 2.37. The van der Waals surface area contributed by atoms with E-state index in [1.807, 2.05) is 17.3 Å². The highest BCUT2D eigenvalue weighted by molar-refractivity contribution is 7.14. The van der Waals surface area contributed by atoms with Crippen molar-refractivity contribution in [3.63, 3.8) is 0 Å². The number of fused-ring (bicyclic) bond motifs is 1. The summed E-state index contributed by atoms with van der Waals surface area (Å²) in [7, 11) is 1.82. The van der Waals surface area contributed by atoms with Gasteiger partial charge >= 0.3 is 0 Å². The molecule has 0 spiro atoms. The van der Waals surface area contributed by atoms with Crippen LogP contribution in [0.4, 0.5) is 10.8 Å². The number of nitrogens with zero attached hydrogens (tertiary/aromatic N) is 3. The molecule has 0 radical (unpaired) electrons. The number of amides is 2. The van der Waals surface area contributed by atoms with Crippen molar-refractivity contribution in [2.24, 2.45) is 11.8 Å². The van der Waals surface area contributed by atoms with E-state index < -0.39 is 0 Å². The molecular weight excluding hydrogens is 382 g/mol. The molecular formula is C23H27N3O2S. The van der Waals surface area contributed by atoms with Gasteiger partial charge in [-0.1, -0.05) is 18.9 Å². The lowest BCUT2D eigenvalue weighted by Gasteiger charge is -2.31. The summed E-state index contributed by atoms with van der Waals surface area (Å²) in [5.74, 6) is 0.894. The summed E-state index contributed by atoms with van der Waals surface area (Å²) in [6.45, 7) is 0.830. The summed E-state index contributed by atoms with van der Waals surface area (Å²) in [5, 5.41) is 2.78. The molecule has 1 aliphatic heterocycles. The van der Waals surface area contributed by atoms with E-state index in [1.54, 1.807) is 4.90 Å². The van der Waals surface area contributed by atoms with Crippen LogP contribution in [0.1, 0.15) is 50.5 Å². The van der Waals surface area contributed by atoms with Crippen molar-refractivity contribution < 1.29 is 9.59 Å². The monoisotopic (exact) mass is 409 g/mol. The van der Waals surface area contributed by atoms with Crippen molar-refractivity contribution in [3.05, 3.63) is 29.1 Å². The van der Waals surface area contributed by atoms with Gasteiger partial charge in [0.1, 0.15) is 0 Å². The fourth-order valence-corrected chi connectivity index (χ4v) is 5.43. The average Bonchev–Trinajstić information content (AvgIpc) is 3.24. The van der Waals surface area contributed by atoms with Crippen LogP contribution in [0.3, 0.4) is 0 Å². The predicted molar refractivity (Wildman–Crippen MR) is 116 cm³/mol. The Kier molecular flexibility index (Phi) is 4.90. The molecule has 0 saturated heterocycles. The molecule has 0 atom stereocenters. The Hall–Kier alpha value is -2.21. The minimum atomic E-state index is 0.178. The van der Waals surface area contributed by atoms with Crippen LogP contribution < -0.4 is 9.80 Å². The SMILES string of the molecule is CN(C(=O)C1CC1)c1nc(-c2ccc3c(c2)CCCN3C(=O)C2CCCC2)cs1. The normalized spacial score (nSPS) is 19.3. The van der Waals surface area contributed by atoms with Gasteiger partial charge in [-0.25, -0.2) is 4.98 Å². The third-order valence-corrected chi connectivity index (χ3v) is 7.42. The van der Waals surface area contributed by atoms with Crippen molar-refractivity contribution >= 4 is 34.0 Å². The lowest BCUT2D eigenvalue weighted by atomic mass is 9.96. The number of hydrogen-bond acceptors (Lipinski definition) is 4. The van der Waals surface area contributed by atoms with Crippen LogP contribution in [-0.4, -0.2) is 30.4 Å². The van der Waals surface area contributed by atoms with E-state index in [9.17, 15) is 9.59 Å². The van der Waals surface area contributed by atoms with Gasteiger partial charge in [0, 0.05) is 42.1 Å². The standard InChI is InChI=1S/C23H27N3O2S/c1-25(21(27)16-8-9-16)23-24-19(14-29-23)17-10-11-20-18(13-17)7-4-12-26(20)22(28)15-5-2-3-6-15/h10-11,13-16H,2-9,12H2,1H3. The van der Waals surface area contributed by atoms with E-state index in [0.717, 1.165) is 67.1 Å². The maximum atomic E-state index is 13.0. The molecule has 2 fully saturated rings. The number of thiazole rings is 1. The Morgan fingerprint density at radius 2 is 1.90 bits per heavy atom. The van der Waals surface area contributed by atoms with E-state index >= 15 is 0 Å². The second kappa shape index (κ2) is 7.56. The third-order valence-electron chi connectivity index (χ3n) is 6.50. The summed E-state index contributed by atoms with van der Waals surface area (Å²) in [6.07, 6.45) is 8.45. The second-order valence-corrected chi connectivity index (χ2v) is 9.44. The second-order valence-electron chi connectivity index (χ2n) is 8.61. The topological polar surface area (TPSA) is 53.5 Å². The molecule has 1 aromatic heterocycles. The Morgan fingerprint density at radius 1 is 1.10 bits per heavy atom. The van der Waals surface area contributed by atoms with E-state index in [2.05, 4.69) is 18.2 Å². The molecule has 3 aliphatic rings. The van der Waals surface area contributed by atoms with Gasteiger partial charge in [0.05, 0.1) is 5.69 Å². The summed E-state index contributed by atoms with van der Waals surface area (Å²) in [5.41, 5.74) is 4.28. The van der Waals surface area contributed by atoms with E-state index in [-0.39, 0.29) is 17.7 Å². The van der Waals surface area contributed by atoms with Crippen LogP contribution in [0.5, 0.6) is 0 Å². The molecule has 2 heterocycles. The number of carbonyl (C=O) groups excluding carboxylic acids is 2. The first-order valence-electron chi connectivity index (χ1n) is 10.8. The molecule has 2 amide bonds. The molecule has 5 rings (SSSR count). The number of hydrogen-bond donors (Lipinski definition) is 0. The van der Waals surface area contributed by atoms with Crippen LogP contribution >= 0.6 is 11.3 Å². The number of aryl methyl sites for hydroxylation is 1. The molecule has 152 valence electrons. The molecule has 0 unspecified atom stereocenters. The van der Waals surface area contributed by atoms with Crippen LogP contribution in [0.2, 0.25) is 0 Å². The maximum Gasteiger partial charge on any atom is 0.231 e. The summed E-state index contributed by atoms with van der Waals surface area (Å²) < 4.78 is 0. The molecule has 29 heavy (non-hydrogen) atoms. The molecule has 2 saturated carbocycles. The zero-order chi connectivity index (χ0) is 20.0. The van der Waals surface area contributed by atoms with Gasteiger partial charge in [-0.15, -0.1) is 11.3 Å². The van der Waals surface area contributed by atoms with E-state index in [4.69, 9.17) is 4.98 Å². The smallest absolute Gasteiger partial charge is 0.231 e. The van der Waals surface area contributed by atoms with Crippen molar-refractivity contribution in [3.8, 4) is 11.3 Å². The van der Waals surface area contributed by atoms with Gasteiger partial charge in [0.15, 0.2) is 5.13 Å². The number of anilines is 2. The molecule has 2 aromatic rings. The zero-order valence-corrected chi connectivity index (χ0v) is 17.7. The molecule has 2 aliphatic carbocycles. The van der Waals surface area contributed by atoms with Crippen LogP contribution in [0, 0.1) is 11.8 Å². The predicted octanol–water partition coefficient (Wildman–Crippen LogP) is 4.65. The summed E-state index contributed by atoms with van der Waals surface area (Å²) >= 11 is 1.52. The molecule has 0 bridgehead atoms. The Bertz CT molecular complexity index is 943. The number of benzene rings is 1. The molecule has 5 nitrogen and oxygen atoms in total. The Morgan fingerprint density at radius 3 is 2.66 bits per heavy atom. The quantitative estimate of drug-likeness (QED) is 0.738. The van der Waals surface area contributed by atoms with E-state index in [1.165, 1.54) is 29.7 Å². The third kappa shape index (κ3) is 3.59. The summed E-state index contributed by atoms with van der Waals surface area (Å²) in [4.78, 5) is 33.7. The minimum Gasteiger partial charge on any atom is -0.312 e. The number of rotatable bonds is 4. The van der Waals surface area contributed by atoms with Crippen molar-refractivity contribution in [1.29, 1.82) is 0 Å². The minimum absolute atomic E-state index is 0.178. The Balaban J connectivity index is 1.38. The van der Waals surface area contributed by atoms with Gasteiger partial charge < -0.3 is 4.90 Å². The Labute approximate surface area is 175 Å². The fourth-order valence-electron chi connectivity index (χ4n) is 4.63. The number of aromatic nitrogens is 1. The lowest BCUT2D eigenvalue weighted by molar-refractivity contribution is -0.122. The van der Waals surface area contributed by atoms with Gasteiger partial charge in [-0.05, 0) is 56.2 Å². The first kappa shape index (κ1) is 18.8. The lowest BCUT2D eigenvalue weighted by Crippen LogP contribution is -2.39. The van der Waals surface area contributed by atoms with Gasteiger partial charge in [0.2, 0.25) is 11.8 Å².